The molecule has 4 nitrogen and oxygen atoms in total. The minimum absolute atomic E-state index is 0.297. The van der Waals surface area contributed by atoms with Crippen LogP contribution >= 0.6 is 0 Å². The fourth-order valence-electron chi connectivity index (χ4n) is 2.96. The summed E-state index contributed by atoms with van der Waals surface area (Å²) in [6.45, 7) is 0. The van der Waals surface area contributed by atoms with Gasteiger partial charge >= 0.3 is 5.97 Å². The highest BCUT2D eigenvalue weighted by atomic mass is 16.5. The Kier molecular flexibility index (Phi) is 3.22. The predicted octanol–water partition coefficient (Wildman–Crippen LogP) is 2.99. The average Bonchev–Trinajstić information content (AvgIpc) is 3.01. The number of aromatic amines is 1. The van der Waals surface area contributed by atoms with Crippen molar-refractivity contribution >= 4 is 5.97 Å². The van der Waals surface area contributed by atoms with E-state index >= 15 is 0 Å². The molecule has 0 amide bonds. The van der Waals surface area contributed by atoms with Gasteiger partial charge in [0.05, 0.1) is 7.11 Å². The lowest BCUT2D eigenvalue weighted by Gasteiger charge is -2.11. The summed E-state index contributed by atoms with van der Waals surface area (Å²) in [5, 5.41) is 9.04. The van der Waals surface area contributed by atoms with Gasteiger partial charge in [0.1, 0.15) is 11.4 Å². The van der Waals surface area contributed by atoms with E-state index in [0.29, 0.717) is 11.6 Å². The molecule has 0 saturated carbocycles. The van der Waals surface area contributed by atoms with Crippen molar-refractivity contribution in [1.82, 2.24) is 4.98 Å². The van der Waals surface area contributed by atoms with E-state index in [-0.39, 0.29) is 0 Å². The smallest absolute Gasteiger partial charge is 0.352 e. The Morgan fingerprint density at radius 3 is 3.05 bits per heavy atom. The van der Waals surface area contributed by atoms with Gasteiger partial charge in [-0.15, -0.1) is 0 Å². The molecule has 1 aromatic heterocycles. The number of benzene rings is 1. The number of hydrogen-bond donors (Lipinski definition) is 2. The van der Waals surface area contributed by atoms with Crippen molar-refractivity contribution in [3.05, 3.63) is 52.8 Å². The molecule has 0 aliphatic heterocycles. The number of rotatable bonds is 4. The van der Waals surface area contributed by atoms with Crippen molar-refractivity contribution in [3.63, 3.8) is 0 Å². The van der Waals surface area contributed by atoms with E-state index < -0.39 is 5.97 Å². The third-order valence-corrected chi connectivity index (χ3v) is 3.95. The van der Waals surface area contributed by atoms with Crippen molar-refractivity contribution in [2.75, 3.05) is 7.11 Å². The molecule has 1 aliphatic carbocycles. The van der Waals surface area contributed by atoms with Gasteiger partial charge in [0.2, 0.25) is 0 Å². The Labute approximate surface area is 117 Å². The summed E-state index contributed by atoms with van der Waals surface area (Å²) in [6, 6.07) is 9.81. The van der Waals surface area contributed by atoms with Gasteiger partial charge in [-0.1, -0.05) is 12.1 Å². The molecule has 0 bridgehead atoms. The van der Waals surface area contributed by atoms with Gasteiger partial charge in [-0.3, -0.25) is 0 Å². The van der Waals surface area contributed by atoms with Crippen LogP contribution in [0, 0.1) is 0 Å². The number of nitrogens with one attached hydrogen (secondary N) is 1. The van der Waals surface area contributed by atoms with Crippen molar-refractivity contribution in [2.45, 2.75) is 25.2 Å². The number of ether oxygens (including phenoxy) is 1. The van der Waals surface area contributed by atoms with Crippen LogP contribution in [0.2, 0.25) is 0 Å². The average molecular weight is 271 g/mol. The summed E-state index contributed by atoms with van der Waals surface area (Å²) in [5.41, 5.74) is 3.75. The van der Waals surface area contributed by atoms with E-state index in [9.17, 15) is 4.79 Å². The molecule has 1 atom stereocenters. The topological polar surface area (TPSA) is 62.3 Å². The third kappa shape index (κ3) is 2.29. The van der Waals surface area contributed by atoms with Gasteiger partial charge in [0, 0.05) is 11.6 Å². The molecular weight excluding hydrogens is 254 g/mol. The van der Waals surface area contributed by atoms with Crippen LogP contribution in [0.15, 0.2) is 30.3 Å². The quantitative estimate of drug-likeness (QED) is 0.898. The van der Waals surface area contributed by atoms with Crippen LogP contribution in [0.3, 0.4) is 0 Å². The third-order valence-electron chi connectivity index (χ3n) is 3.95. The van der Waals surface area contributed by atoms with Gasteiger partial charge in [-0.25, -0.2) is 4.79 Å². The molecule has 2 aromatic rings. The van der Waals surface area contributed by atoms with Gasteiger partial charge in [-0.05, 0) is 48.6 Å². The first-order valence-corrected chi connectivity index (χ1v) is 6.75. The fourth-order valence-corrected chi connectivity index (χ4v) is 2.96. The highest BCUT2D eigenvalue weighted by molar-refractivity contribution is 5.86. The lowest BCUT2D eigenvalue weighted by atomic mass is 9.97. The van der Waals surface area contributed by atoms with Crippen LogP contribution in [0.1, 0.15) is 39.6 Å². The summed E-state index contributed by atoms with van der Waals surface area (Å²) in [4.78, 5) is 14.1. The minimum Gasteiger partial charge on any atom is -0.497 e. The van der Waals surface area contributed by atoms with Crippen LogP contribution in [0.25, 0.3) is 0 Å². The molecule has 1 unspecified atom stereocenters. The predicted molar refractivity (Wildman–Crippen MR) is 75.5 cm³/mol. The fraction of sp³-hybridized carbons (Fsp3) is 0.312. The summed E-state index contributed by atoms with van der Waals surface area (Å²) in [6.07, 6.45) is 2.93. The monoisotopic (exact) mass is 271 g/mol. The van der Waals surface area contributed by atoms with Crippen molar-refractivity contribution in [3.8, 4) is 5.75 Å². The number of fused-ring (bicyclic) bond motifs is 1. The maximum absolute atomic E-state index is 11.0. The van der Waals surface area contributed by atoms with E-state index in [2.05, 4.69) is 11.1 Å². The first-order chi connectivity index (χ1) is 9.67. The van der Waals surface area contributed by atoms with Gasteiger partial charge < -0.3 is 14.8 Å². The zero-order chi connectivity index (χ0) is 14.1. The molecule has 20 heavy (non-hydrogen) atoms. The van der Waals surface area contributed by atoms with Crippen molar-refractivity contribution in [1.29, 1.82) is 0 Å². The van der Waals surface area contributed by atoms with Gasteiger partial charge in [0.25, 0.3) is 0 Å². The molecule has 4 heteroatoms. The highest BCUT2D eigenvalue weighted by Crippen LogP contribution is 2.36. The molecule has 0 spiro atoms. The Morgan fingerprint density at radius 2 is 2.30 bits per heavy atom. The Morgan fingerprint density at radius 1 is 1.45 bits per heavy atom. The minimum atomic E-state index is -0.889. The number of methoxy groups -OCH3 is 1. The second-order valence-corrected chi connectivity index (χ2v) is 5.22. The van der Waals surface area contributed by atoms with E-state index in [1.807, 2.05) is 18.2 Å². The first-order valence-electron chi connectivity index (χ1n) is 6.75. The summed E-state index contributed by atoms with van der Waals surface area (Å²) in [5.74, 6) is 0.336. The Bertz CT molecular complexity index is 645. The van der Waals surface area contributed by atoms with E-state index in [4.69, 9.17) is 9.84 Å². The molecule has 1 aliphatic rings. The van der Waals surface area contributed by atoms with Crippen LogP contribution in [0.4, 0.5) is 0 Å². The zero-order valence-electron chi connectivity index (χ0n) is 11.3. The molecule has 3 rings (SSSR count). The van der Waals surface area contributed by atoms with Gasteiger partial charge in [0.15, 0.2) is 0 Å². The molecule has 2 N–H and O–H groups in total. The summed E-state index contributed by atoms with van der Waals surface area (Å²) in [7, 11) is 1.66. The van der Waals surface area contributed by atoms with Crippen LogP contribution in [-0.2, 0) is 12.8 Å². The highest BCUT2D eigenvalue weighted by Gasteiger charge is 2.26. The summed E-state index contributed by atoms with van der Waals surface area (Å²) < 4.78 is 5.24. The Hall–Kier alpha value is -2.23. The first kappa shape index (κ1) is 12.8. The number of aromatic nitrogens is 1. The number of H-pyrrole nitrogens is 1. The molecule has 104 valence electrons. The lowest BCUT2D eigenvalue weighted by Crippen LogP contribution is -2.02. The molecule has 0 radical (unpaired) electrons. The normalized spacial score (nSPS) is 16.9. The lowest BCUT2D eigenvalue weighted by molar-refractivity contribution is 0.0691. The van der Waals surface area contributed by atoms with E-state index in [1.54, 1.807) is 13.2 Å². The number of carbonyl (C=O) groups is 1. The van der Waals surface area contributed by atoms with Crippen molar-refractivity contribution < 1.29 is 14.6 Å². The molecular formula is C16H17NO3. The van der Waals surface area contributed by atoms with E-state index in [1.165, 1.54) is 5.56 Å². The number of carboxylic acid groups (broad SMARTS) is 1. The summed E-state index contributed by atoms with van der Waals surface area (Å²) >= 11 is 0. The second-order valence-electron chi connectivity index (χ2n) is 5.22. The maximum Gasteiger partial charge on any atom is 0.352 e. The zero-order valence-corrected chi connectivity index (χ0v) is 11.3. The van der Waals surface area contributed by atoms with Crippen LogP contribution in [0.5, 0.6) is 5.75 Å². The van der Waals surface area contributed by atoms with Crippen molar-refractivity contribution in [2.24, 2.45) is 0 Å². The largest absolute Gasteiger partial charge is 0.497 e. The number of carboxylic acids is 1. The number of hydrogen-bond acceptors (Lipinski definition) is 2. The van der Waals surface area contributed by atoms with Crippen LogP contribution in [-0.4, -0.2) is 23.2 Å². The van der Waals surface area contributed by atoms with Gasteiger partial charge in [-0.2, -0.15) is 0 Å². The maximum atomic E-state index is 11.0. The molecule has 1 heterocycles. The number of aromatic carboxylic acids is 1. The Balaban J connectivity index is 1.82. The second kappa shape index (κ2) is 5.04. The molecule has 0 fully saturated rings. The molecule has 0 saturated heterocycles. The molecule has 1 aromatic carbocycles. The SMILES string of the molecule is COc1cccc(CC2CCc3cc(C(=O)O)[nH]c32)c1. The standard InChI is InChI=1S/C16H17NO3/c1-20-13-4-2-3-10(8-13)7-11-5-6-12-9-14(16(18)19)17-15(11)12/h2-4,8-9,11,17H,5-7H2,1H3,(H,18,19). The number of aryl methyl sites for hydroxylation is 1. The van der Waals surface area contributed by atoms with E-state index in [0.717, 1.165) is 36.3 Å². The van der Waals surface area contributed by atoms with Crippen LogP contribution < -0.4 is 4.74 Å².